The summed E-state index contributed by atoms with van der Waals surface area (Å²) in [5.74, 6) is -0.768. The molecule has 22 heavy (non-hydrogen) atoms. The van der Waals surface area contributed by atoms with Crippen molar-refractivity contribution in [1.82, 2.24) is 9.55 Å². The third kappa shape index (κ3) is 5.66. The molecule has 0 fully saturated rings. The zero-order chi connectivity index (χ0) is 15.5. The molecule has 0 N–H and O–H groups in total. The average Bonchev–Trinajstić information content (AvgIpc) is 2.81. The van der Waals surface area contributed by atoms with Crippen LogP contribution < -0.4 is 4.74 Å². The van der Waals surface area contributed by atoms with Crippen molar-refractivity contribution < 1.29 is 49.0 Å². The van der Waals surface area contributed by atoms with Gasteiger partial charge in [0.25, 0.3) is 0 Å². The van der Waals surface area contributed by atoms with E-state index in [9.17, 15) is 18.6 Å². The predicted molar refractivity (Wildman–Crippen MR) is 70.3 cm³/mol. The molecule has 0 bridgehead atoms. The van der Waals surface area contributed by atoms with Gasteiger partial charge in [-0.3, -0.25) is 4.98 Å². The van der Waals surface area contributed by atoms with E-state index in [4.69, 9.17) is 0 Å². The fourth-order valence-electron chi connectivity index (χ4n) is 1.45. The van der Waals surface area contributed by atoms with Gasteiger partial charge in [0.2, 0.25) is 0 Å². The van der Waals surface area contributed by atoms with Gasteiger partial charge in [-0.2, -0.15) is 12.1 Å². The molecular formula is C13H9F3N4OU. The molecule has 5 nitrogen and oxygen atoms in total. The van der Waals surface area contributed by atoms with Crippen molar-refractivity contribution in [2.24, 2.45) is 12.0 Å². The Balaban J connectivity index is 0.00000242. The van der Waals surface area contributed by atoms with Gasteiger partial charge in [-0.1, -0.05) is 23.9 Å². The SMILES string of the molecule is Cn1cnc([C-]=NC(=[N-])c2ccc(OC(F)(F)F)cc2)c1.[U+2]. The van der Waals surface area contributed by atoms with Gasteiger partial charge in [0.15, 0.2) is 0 Å². The monoisotopic (exact) mass is 532 g/mol. The number of alkyl halides is 3. The maximum atomic E-state index is 12.0. The Kier molecular flexibility index (Phi) is 6.38. The van der Waals surface area contributed by atoms with Gasteiger partial charge in [0, 0.05) is 0 Å². The fourth-order valence-corrected chi connectivity index (χ4v) is 1.45. The van der Waals surface area contributed by atoms with Crippen LogP contribution in [0.1, 0.15) is 11.3 Å². The second-order valence-corrected chi connectivity index (χ2v) is 4.04. The summed E-state index contributed by atoms with van der Waals surface area (Å²) in [6.07, 6.45) is 0.935. The van der Waals surface area contributed by atoms with Crippen LogP contribution in [0.15, 0.2) is 41.8 Å². The van der Waals surface area contributed by atoms with E-state index in [0.29, 0.717) is 5.69 Å². The molecule has 2 rings (SSSR count). The van der Waals surface area contributed by atoms with Crippen LogP contribution in [-0.2, 0) is 7.05 Å². The molecule has 0 unspecified atom stereocenters. The van der Waals surface area contributed by atoms with E-state index in [1.54, 1.807) is 17.8 Å². The first kappa shape index (κ1) is 18.5. The number of ether oxygens (including phenoxy) is 1. The van der Waals surface area contributed by atoms with Gasteiger partial charge in [-0.25, -0.2) is 0 Å². The third-order valence-corrected chi connectivity index (χ3v) is 2.33. The number of amidine groups is 1. The number of hydrogen-bond acceptors (Lipinski definition) is 2. The molecule has 0 aliphatic rings. The van der Waals surface area contributed by atoms with Crippen LogP contribution in [0, 0.1) is 31.1 Å². The quantitative estimate of drug-likeness (QED) is 0.347. The van der Waals surface area contributed by atoms with Crippen molar-refractivity contribution in [3.63, 3.8) is 0 Å². The zero-order valence-electron chi connectivity index (χ0n) is 11.3. The molecule has 1 heterocycles. The molecule has 0 saturated heterocycles. The average molecular weight is 532 g/mol. The van der Waals surface area contributed by atoms with E-state index in [0.717, 1.165) is 12.1 Å². The molecule has 112 valence electrons. The second-order valence-electron chi connectivity index (χ2n) is 4.04. The van der Waals surface area contributed by atoms with E-state index >= 15 is 0 Å². The number of benzene rings is 1. The van der Waals surface area contributed by atoms with E-state index < -0.39 is 6.36 Å². The summed E-state index contributed by atoms with van der Waals surface area (Å²) in [6, 6.07) is 4.66. The Morgan fingerprint density at radius 3 is 2.45 bits per heavy atom. The molecular weight excluding hydrogens is 523 g/mol. The number of halogens is 3. The normalized spacial score (nSPS) is 11.3. The summed E-state index contributed by atoms with van der Waals surface area (Å²) in [7, 11) is 1.77. The molecule has 1 aromatic carbocycles. The van der Waals surface area contributed by atoms with Crippen LogP contribution >= 0.6 is 0 Å². The summed E-state index contributed by atoms with van der Waals surface area (Å²) in [6.45, 7) is 0. The number of nitrogens with zero attached hydrogens (tertiary/aromatic N) is 4. The van der Waals surface area contributed by atoms with Crippen molar-refractivity contribution in [1.29, 1.82) is 0 Å². The van der Waals surface area contributed by atoms with Crippen LogP contribution in [0.4, 0.5) is 13.2 Å². The van der Waals surface area contributed by atoms with Crippen molar-refractivity contribution in [3.05, 3.63) is 53.5 Å². The van der Waals surface area contributed by atoms with Gasteiger partial charge in [0.05, 0.1) is 6.33 Å². The number of rotatable bonds is 3. The number of aliphatic imine (C=N–C) groups is 1. The first-order chi connectivity index (χ1) is 9.83. The van der Waals surface area contributed by atoms with Crippen LogP contribution in [0.5, 0.6) is 5.75 Å². The Bertz CT molecular complexity index is 665. The third-order valence-electron chi connectivity index (χ3n) is 2.33. The molecule has 0 radical (unpaired) electrons. The van der Waals surface area contributed by atoms with Crippen LogP contribution in [0.2, 0.25) is 0 Å². The minimum absolute atomic E-state index is 0. The first-order valence-corrected chi connectivity index (χ1v) is 5.70. The Morgan fingerprint density at radius 1 is 1.32 bits per heavy atom. The molecule has 0 amide bonds. The molecule has 0 atom stereocenters. The Morgan fingerprint density at radius 2 is 1.95 bits per heavy atom. The topological polar surface area (TPSA) is 61.7 Å². The number of hydrogen-bond donors (Lipinski definition) is 0. The summed E-state index contributed by atoms with van der Waals surface area (Å²) in [5, 5.41) is 9.70. The van der Waals surface area contributed by atoms with Crippen LogP contribution in [0.25, 0.3) is 5.41 Å². The largest absolute Gasteiger partial charge is 2.00 e. The summed E-state index contributed by atoms with van der Waals surface area (Å²) < 4.78 is 41.4. The molecule has 0 spiro atoms. The van der Waals surface area contributed by atoms with Gasteiger partial charge >= 0.3 is 37.5 Å². The zero-order valence-corrected chi connectivity index (χ0v) is 15.5. The van der Waals surface area contributed by atoms with Crippen molar-refractivity contribution in [3.8, 4) is 5.75 Å². The summed E-state index contributed by atoms with van der Waals surface area (Å²) in [4.78, 5) is 7.59. The fraction of sp³-hybridized carbons (Fsp3) is 0.154. The minimum atomic E-state index is -4.75. The second kappa shape index (κ2) is 7.61. The first-order valence-electron chi connectivity index (χ1n) is 5.70. The maximum absolute atomic E-state index is 12.0. The van der Waals surface area contributed by atoms with Crippen LogP contribution in [0.3, 0.4) is 0 Å². The maximum Gasteiger partial charge on any atom is 2.00 e. The molecule has 1 aromatic heterocycles. The number of aryl methyl sites for hydroxylation is 1. The van der Waals surface area contributed by atoms with Crippen LogP contribution in [-0.4, -0.2) is 28.0 Å². The number of aromatic nitrogens is 2. The van der Waals surface area contributed by atoms with E-state index in [1.807, 2.05) is 0 Å². The molecule has 0 aliphatic heterocycles. The molecule has 2 aromatic rings. The van der Waals surface area contributed by atoms with E-state index in [1.165, 1.54) is 18.5 Å². The summed E-state index contributed by atoms with van der Waals surface area (Å²) in [5.41, 5.74) is 0.647. The Labute approximate surface area is 148 Å². The van der Waals surface area contributed by atoms with Gasteiger partial charge < -0.3 is 19.7 Å². The van der Waals surface area contributed by atoms with Crippen molar-refractivity contribution in [2.75, 3.05) is 0 Å². The Hall–Kier alpha value is -1.59. The number of imidazole rings is 1. The molecule has 0 saturated carbocycles. The van der Waals surface area contributed by atoms with Crippen molar-refractivity contribution >= 4 is 12.1 Å². The molecule has 9 heteroatoms. The van der Waals surface area contributed by atoms with E-state index in [-0.39, 0.29) is 48.3 Å². The van der Waals surface area contributed by atoms with E-state index in [2.05, 4.69) is 20.9 Å². The van der Waals surface area contributed by atoms with Gasteiger partial charge in [-0.05, 0) is 24.9 Å². The van der Waals surface area contributed by atoms with Gasteiger partial charge in [-0.15, -0.1) is 13.2 Å². The summed E-state index contributed by atoms with van der Waals surface area (Å²) >= 11 is 0. The standard InChI is InChI=1S/C13H9F3N4O.U/c1-20-7-10(19-8-20)6-18-12(17)9-2-4-11(5-3-9)21-13(14,15)16;/h2-5,7-8H,1H3;/q-2;+2. The van der Waals surface area contributed by atoms with Gasteiger partial charge in [0.1, 0.15) is 5.75 Å². The molecule has 0 aliphatic carbocycles. The predicted octanol–water partition coefficient (Wildman–Crippen LogP) is 2.63. The van der Waals surface area contributed by atoms with Crippen molar-refractivity contribution in [2.45, 2.75) is 6.36 Å². The minimum Gasteiger partial charge on any atom is -0.569 e. The smallest absolute Gasteiger partial charge is 0.569 e.